The molecule has 198 valence electrons. The molecule has 2 aromatic rings. The lowest BCUT2D eigenvalue weighted by Gasteiger charge is -2.33. The number of benzene rings is 2. The van der Waals surface area contributed by atoms with Crippen LogP contribution in [0.25, 0.3) is 0 Å². The van der Waals surface area contributed by atoms with E-state index in [1.165, 1.54) is 16.4 Å². The zero-order valence-electron chi connectivity index (χ0n) is 21.3. The summed E-state index contributed by atoms with van der Waals surface area (Å²) >= 11 is 0. The van der Waals surface area contributed by atoms with Gasteiger partial charge in [-0.05, 0) is 49.9 Å². The number of anilines is 1. The van der Waals surface area contributed by atoms with Gasteiger partial charge < -0.3 is 25.6 Å². The van der Waals surface area contributed by atoms with Crippen molar-refractivity contribution >= 4 is 21.8 Å². The largest absolute Gasteiger partial charge is 0.437 e. The lowest BCUT2D eigenvalue weighted by molar-refractivity contribution is -0.153. The molecule has 2 aromatic carbocycles. The van der Waals surface area contributed by atoms with Gasteiger partial charge in [-0.1, -0.05) is 50.2 Å². The number of hydrogen-bond donors (Lipinski definition) is 3. The highest BCUT2D eigenvalue weighted by Crippen LogP contribution is 2.40. The molecule has 1 heterocycles. The Morgan fingerprint density at radius 3 is 2.56 bits per heavy atom. The van der Waals surface area contributed by atoms with E-state index in [1.807, 2.05) is 44.2 Å². The number of amides is 1. The summed E-state index contributed by atoms with van der Waals surface area (Å²) in [6.45, 7) is 8.06. The molecule has 3 rings (SSSR count). The van der Waals surface area contributed by atoms with Crippen LogP contribution in [0.1, 0.15) is 45.6 Å². The standard InChI is InChI=1S/C26H37N3O6S/c1-18(2)16-29(36(32,33)22-12-8-11-21(27)15-22)14-13-19(3)28-25(31)35-26(4)23(17-34-24(26)30)20-9-6-5-7-10-20/h5-12,15,18-19,23-24,30H,13-14,16-17,27H2,1-4H3,(H,28,31)/t19?,23?,24-,26?/m0/s1. The number of ether oxygens (including phenoxy) is 2. The SMILES string of the molecule is CC(C)CN(CCC(C)NC(=O)OC1(C)C(c2ccccc2)CO[C@@H]1O)S(=O)(=O)c1cccc(N)c1. The van der Waals surface area contributed by atoms with Gasteiger partial charge in [0.25, 0.3) is 0 Å². The molecule has 1 aliphatic heterocycles. The van der Waals surface area contributed by atoms with Crippen LogP contribution in [-0.2, 0) is 19.5 Å². The van der Waals surface area contributed by atoms with Crippen molar-refractivity contribution in [3.05, 3.63) is 60.2 Å². The topological polar surface area (TPSA) is 131 Å². The van der Waals surface area contributed by atoms with E-state index in [2.05, 4.69) is 5.32 Å². The van der Waals surface area contributed by atoms with Crippen molar-refractivity contribution in [1.29, 1.82) is 0 Å². The minimum absolute atomic E-state index is 0.104. The van der Waals surface area contributed by atoms with Crippen molar-refractivity contribution in [1.82, 2.24) is 9.62 Å². The fourth-order valence-corrected chi connectivity index (χ4v) is 5.98. The molecule has 1 saturated heterocycles. The Labute approximate surface area is 213 Å². The summed E-state index contributed by atoms with van der Waals surface area (Å²) in [5.74, 6) is -0.229. The second kappa shape index (κ2) is 11.6. The predicted octanol–water partition coefficient (Wildman–Crippen LogP) is 3.31. The first-order valence-electron chi connectivity index (χ1n) is 12.1. The smallest absolute Gasteiger partial charge is 0.408 e. The predicted molar refractivity (Wildman–Crippen MR) is 138 cm³/mol. The molecule has 9 nitrogen and oxygen atoms in total. The zero-order valence-corrected chi connectivity index (χ0v) is 22.1. The fourth-order valence-electron chi connectivity index (χ4n) is 4.31. The van der Waals surface area contributed by atoms with E-state index in [1.54, 1.807) is 26.0 Å². The van der Waals surface area contributed by atoms with Crippen LogP contribution in [-0.4, -0.2) is 61.6 Å². The molecule has 1 amide bonds. The minimum Gasteiger partial charge on any atom is -0.437 e. The van der Waals surface area contributed by atoms with E-state index >= 15 is 0 Å². The number of nitrogens with two attached hydrogens (primary N) is 1. The highest BCUT2D eigenvalue weighted by Gasteiger charge is 2.51. The summed E-state index contributed by atoms with van der Waals surface area (Å²) in [6.07, 6.45) is -1.61. The van der Waals surface area contributed by atoms with Crippen LogP contribution in [0.2, 0.25) is 0 Å². The van der Waals surface area contributed by atoms with E-state index in [9.17, 15) is 18.3 Å². The van der Waals surface area contributed by atoms with Crippen LogP contribution >= 0.6 is 0 Å². The summed E-state index contributed by atoms with van der Waals surface area (Å²) in [6, 6.07) is 15.3. The van der Waals surface area contributed by atoms with Crippen LogP contribution in [0, 0.1) is 5.92 Å². The molecule has 0 radical (unpaired) electrons. The molecule has 0 bridgehead atoms. The first-order chi connectivity index (χ1) is 16.9. The third kappa shape index (κ3) is 6.56. The number of nitrogen functional groups attached to an aromatic ring is 1. The first kappa shape index (κ1) is 27.9. The Hall–Kier alpha value is -2.66. The maximum absolute atomic E-state index is 13.3. The van der Waals surface area contributed by atoms with Gasteiger partial charge in [0, 0.05) is 24.8 Å². The Morgan fingerprint density at radius 2 is 1.92 bits per heavy atom. The van der Waals surface area contributed by atoms with Gasteiger partial charge in [0.2, 0.25) is 10.0 Å². The van der Waals surface area contributed by atoms with Crippen molar-refractivity contribution < 1.29 is 27.8 Å². The van der Waals surface area contributed by atoms with E-state index < -0.39 is 28.0 Å². The third-order valence-corrected chi connectivity index (χ3v) is 8.22. The summed E-state index contributed by atoms with van der Waals surface area (Å²) < 4.78 is 39.0. The number of nitrogens with zero attached hydrogens (tertiary/aromatic N) is 1. The van der Waals surface area contributed by atoms with E-state index in [0.29, 0.717) is 18.7 Å². The van der Waals surface area contributed by atoms with Crippen molar-refractivity contribution in [2.75, 3.05) is 25.4 Å². The lowest BCUT2D eigenvalue weighted by Crippen LogP contribution is -2.48. The van der Waals surface area contributed by atoms with Gasteiger partial charge in [-0.3, -0.25) is 0 Å². The second-order valence-corrected chi connectivity index (χ2v) is 11.8. The second-order valence-electron chi connectivity index (χ2n) is 9.89. The summed E-state index contributed by atoms with van der Waals surface area (Å²) in [4.78, 5) is 12.9. The number of alkyl carbamates (subject to hydrolysis) is 1. The molecule has 4 N–H and O–H groups in total. The number of aliphatic hydroxyl groups is 1. The van der Waals surface area contributed by atoms with Crippen LogP contribution in [0.5, 0.6) is 0 Å². The van der Waals surface area contributed by atoms with Crippen LogP contribution in [0.15, 0.2) is 59.5 Å². The molecule has 0 saturated carbocycles. The molecule has 3 unspecified atom stereocenters. The number of hydrogen-bond acceptors (Lipinski definition) is 7. The molecule has 0 spiro atoms. The normalized spacial score (nSPS) is 23.1. The highest BCUT2D eigenvalue weighted by molar-refractivity contribution is 7.89. The van der Waals surface area contributed by atoms with Gasteiger partial charge >= 0.3 is 6.09 Å². The van der Waals surface area contributed by atoms with Crippen molar-refractivity contribution in [3.63, 3.8) is 0 Å². The van der Waals surface area contributed by atoms with E-state index in [4.69, 9.17) is 15.2 Å². The number of aliphatic hydroxyl groups excluding tert-OH is 1. The third-order valence-electron chi connectivity index (χ3n) is 6.36. The fraction of sp³-hybridized carbons (Fsp3) is 0.500. The van der Waals surface area contributed by atoms with E-state index in [-0.39, 0.29) is 35.9 Å². The van der Waals surface area contributed by atoms with Gasteiger partial charge in [0.05, 0.1) is 17.4 Å². The molecular formula is C26H37N3O6S. The maximum Gasteiger partial charge on any atom is 0.408 e. The van der Waals surface area contributed by atoms with Crippen molar-refractivity contribution in [2.24, 2.45) is 5.92 Å². The van der Waals surface area contributed by atoms with Crippen molar-refractivity contribution in [2.45, 2.75) is 62.9 Å². The number of carbonyl (C=O) groups excluding carboxylic acids is 1. The molecule has 1 fully saturated rings. The number of nitrogens with one attached hydrogen (secondary N) is 1. The molecule has 0 aliphatic carbocycles. The van der Waals surface area contributed by atoms with Gasteiger partial charge in [0.15, 0.2) is 11.9 Å². The summed E-state index contributed by atoms with van der Waals surface area (Å²) in [5, 5.41) is 13.2. The summed E-state index contributed by atoms with van der Waals surface area (Å²) in [5.41, 5.74) is 5.80. The Balaban J connectivity index is 1.64. The minimum atomic E-state index is -3.76. The average molecular weight is 520 g/mol. The Kier molecular flexibility index (Phi) is 8.99. The van der Waals surface area contributed by atoms with Gasteiger partial charge in [-0.25, -0.2) is 13.2 Å². The van der Waals surface area contributed by atoms with Gasteiger partial charge in [-0.2, -0.15) is 4.31 Å². The monoisotopic (exact) mass is 519 g/mol. The number of rotatable bonds is 10. The molecule has 0 aromatic heterocycles. The van der Waals surface area contributed by atoms with Gasteiger partial charge in [0.1, 0.15) is 0 Å². The molecule has 4 atom stereocenters. The first-order valence-corrected chi connectivity index (χ1v) is 13.6. The van der Waals surface area contributed by atoms with E-state index in [0.717, 1.165) is 5.56 Å². The van der Waals surface area contributed by atoms with Crippen LogP contribution < -0.4 is 11.1 Å². The molecule has 1 aliphatic rings. The summed E-state index contributed by atoms with van der Waals surface area (Å²) in [7, 11) is -3.76. The van der Waals surface area contributed by atoms with Gasteiger partial charge in [-0.15, -0.1) is 0 Å². The molecule has 36 heavy (non-hydrogen) atoms. The highest BCUT2D eigenvalue weighted by atomic mass is 32.2. The number of carbonyl (C=O) groups is 1. The maximum atomic E-state index is 13.3. The van der Waals surface area contributed by atoms with Crippen molar-refractivity contribution in [3.8, 4) is 0 Å². The quantitative estimate of drug-likeness (QED) is 0.410. The Morgan fingerprint density at radius 1 is 1.22 bits per heavy atom. The van der Waals surface area contributed by atoms with Crippen LogP contribution in [0.3, 0.4) is 0 Å². The Bertz CT molecular complexity index is 1130. The molecular weight excluding hydrogens is 482 g/mol. The number of sulfonamides is 1. The zero-order chi connectivity index (χ0) is 26.5. The lowest BCUT2D eigenvalue weighted by atomic mass is 9.85. The van der Waals surface area contributed by atoms with Crippen LogP contribution in [0.4, 0.5) is 10.5 Å². The average Bonchev–Trinajstić information content (AvgIpc) is 3.10. The molecule has 10 heteroatoms.